The zero-order chi connectivity index (χ0) is 21.4. The smallest absolute Gasteiger partial charge is 0.257 e. The Balaban J connectivity index is 1.24. The minimum atomic E-state index is -1.44. The van der Waals surface area contributed by atoms with Crippen LogP contribution >= 0.6 is 0 Å². The molecule has 5 rings (SSSR count). The first-order valence-electron chi connectivity index (χ1n) is 11.4. The van der Waals surface area contributed by atoms with Crippen molar-refractivity contribution in [1.82, 2.24) is 10.2 Å². The summed E-state index contributed by atoms with van der Waals surface area (Å²) in [5.41, 5.74) is 1.06. The largest absolute Gasteiger partial charge is 0.375 e. The summed E-state index contributed by atoms with van der Waals surface area (Å²) in [5.74, 6) is 0.613. The summed E-state index contributed by atoms with van der Waals surface area (Å²) in [7, 11) is 0. The van der Waals surface area contributed by atoms with Gasteiger partial charge in [-0.25, -0.2) is 0 Å². The lowest BCUT2D eigenvalue weighted by Crippen LogP contribution is -2.50. The Labute approximate surface area is 183 Å². The van der Waals surface area contributed by atoms with Gasteiger partial charge in [-0.2, -0.15) is 5.26 Å². The number of rotatable bonds is 6. The van der Waals surface area contributed by atoms with Gasteiger partial charge in [-0.15, -0.1) is 0 Å². The molecule has 2 N–H and O–H groups in total. The lowest BCUT2D eigenvalue weighted by atomic mass is 9.79. The summed E-state index contributed by atoms with van der Waals surface area (Å²) < 4.78 is 0. The molecule has 31 heavy (non-hydrogen) atoms. The fourth-order valence-electron chi connectivity index (χ4n) is 5.81. The molecule has 2 unspecified atom stereocenters. The second kappa shape index (κ2) is 8.11. The van der Waals surface area contributed by atoms with Crippen molar-refractivity contribution in [3.05, 3.63) is 71.3 Å². The van der Waals surface area contributed by atoms with Gasteiger partial charge in [0.25, 0.3) is 5.91 Å². The highest BCUT2D eigenvalue weighted by Crippen LogP contribution is 2.47. The molecular formula is C26H29N3O2. The molecule has 1 saturated heterocycles. The van der Waals surface area contributed by atoms with Crippen molar-refractivity contribution >= 4 is 5.91 Å². The van der Waals surface area contributed by atoms with E-state index in [1.54, 1.807) is 0 Å². The van der Waals surface area contributed by atoms with Gasteiger partial charge >= 0.3 is 0 Å². The standard InChI is InChI=1S/C26H29N3O2/c27-14-18-8-4-5-9-19(18)15-29-16-22-23(17-29)24(22)28-25(30)26(31,21-12-6-7-13-21)20-10-2-1-3-11-20/h1-5,8-11,21-24,31H,6-7,12-13,15-17H2,(H,28,30)/t22-,23+,24?,26?. The molecule has 5 nitrogen and oxygen atoms in total. The van der Waals surface area contributed by atoms with Crippen molar-refractivity contribution in [1.29, 1.82) is 5.26 Å². The SMILES string of the molecule is N#Cc1ccccc1CN1C[C@@H]2C(NC(=O)C(O)(c3ccccc3)C3CCCC3)[C@@H]2C1. The van der Waals surface area contributed by atoms with Crippen LogP contribution in [0.2, 0.25) is 0 Å². The van der Waals surface area contributed by atoms with E-state index in [1.165, 1.54) is 0 Å². The molecule has 0 spiro atoms. The molecule has 2 aliphatic carbocycles. The van der Waals surface area contributed by atoms with Gasteiger partial charge in [-0.05, 0) is 41.9 Å². The Morgan fingerprint density at radius 3 is 2.39 bits per heavy atom. The molecule has 1 aliphatic heterocycles. The van der Waals surface area contributed by atoms with Crippen LogP contribution in [0, 0.1) is 29.1 Å². The summed E-state index contributed by atoms with van der Waals surface area (Å²) in [6, 6.07) is 19.6. The van der Waals surface area contributed by atoms with Crippen LogP contribution in [0.5, 0.6) is 0 Å². The molecule has 0 radical (unpaired) electrons. The van der Waals surface area contributed by atoms with E-state index in [-0.39, 0.29) is 17.9 Å². The highest BCUT2D eigenvalue weighted by molar-refractivity contribution is 5.87. The van der Waals surface area contributed by atoms with Crippen molar-refractivity contribution in [3.8, 4) is 6.07 Å². The number of nitriles is 1. The number of nitrogens with one attached hydrogen (secondary N) is 1. The predicted molar refractivity (Wildman–Crippen MR) is 118 cm³/mol. The Hall–Kier alpha value is -2.68. The molecule has 0 aromatic heterocycles. The number of hydrogen-bond acceptors (Lipinski definition) is 4. The first-order chi connectivity index (χ1) is 15.1. The fraction of sp³-hybridized carbons (Fsp3) is 0.462. The van der Waals surface area contributed by atoms with E-state index >= 15 is 0 Å². The summed E-state index contributed by atoms with van der Waals surface area (Å²) in [5, 5.41) is 24.2. The quantitative estimate of drug-likeness (QED) is 0.760. The Morgan fingerprint density at radius 1 is 1.06 bits per heavy atom. The highest BCUT2D eigenvalue weighted by Gasteiger charge is 2.58. The van der Waals surface area contributed by atoms with Crippen LogP contribution in [0.25, 0.3) is 0 Å². The van der Waals surface area contributed by atoms with Crippen LogP contribution in [0.1, 0.15) is 42.4 Å². The first-order valence-corrected chi connectivity index (χ1v) is 11.4. The van der Waals surface area contributed by atoms with E-state index in [0.29, 0.717) is 17.4 Å². The third-order valence-electron chi connectivity index (χ3n) is 7.61. The number of carbonyl (C=O) groups is 1. The maximum absolute atomic E-state index is 13.4. The summed E-state index contributed by atoms with van der Waals surface area (Å²) in [6.07, 6.45) is 3.92. The Morgan fingerprint density at radius 2 is 1.71 bits per heavy atom. The van der Waals surface area contributed by atoms with Crippen LogP contribution in [-0.4, -0.2) is 35.0 Å². The number of aliphatic hydroxyl groups is 1. The van der Waals surface area contributed by atoms with Crippen LogP contribution in [-0.2, 0) is 16.9 Å². The van der Waals surface area contributed by atoms with E-state index in [0.717, 1.165) is 56.4 Å². The van der Waals surface area contributed by atoms with E-state index in [4.69, 9.17) is 0 Å². The van der Waals surface area contributed by atoms with Crippen LogP contribution in [0.4, 0.5) is 0 Å². The number of likely N-dealkylation sites (tertiary alicyclic amines) is 1. The normalized spacial score (nSPS) is 27.3. The number of nitrogens with zero attached hydrogens (tertiary/aromatic N) is 2. The van der Waals surface area contributed by atoms with Gasteiger partial charge in [0.2, 0.25) is 0 Å². The number of hydrogen-bond donors (Lipinski definition) is 2. The zero-order valence-electron chi connectivity index (χ0n) is 17.7. The van der Waals surface area contributed by atoms with Crippen LogP contribution < -0.4 is 5.32 Å². The molecule has 2 saturated carbocycles. The molecule has 3 fully saturated rings. The van der Waals surface area contributed by atoms with Crippen LogP contribution in [0.15, 0.2) is 54.6 Å². The Bertz CT molecular complexity index is 983. The van der Waals surface area contributed by atoms with Crippen molar-refractivity contribution in [3.63, 3.8) is 0 Å². The van der Waals surface area contributed by atoms with E-state index in [2.05, 4.69) is 16.3 Å². The molecule has 1 heterocycles. The molecule has 5 heteroatoms. The minimum absolute atomic E-state index is 0.0209. The lowest BCUT2D eigenvalue weighted by Gasteiger charge is -2.33. The van der Waals surface area contributed by atoms with Gasteiger partial charge in [0.05, 0.1) is 11.6 Å². The lowest BCUT2D eigenvalue weighted by molar-refractivity contribution is -0.147. The third-order valence-corrected chi connectivity index (χ3v) is 7.61. The average Bonchev–Trinajstić information content (AvgIpc) is 3.21. The van der Waals surface area contributed by atoms with Crippen molar-refractivity contribution in [2.24, 2.45) is 17.8 Å². The van der Waals surface area contributed by atoms with E-state index < -0.39 is 5.60 Å². The topological polar surface area (TPSA) is 76.4 Å². The zero-order valence-corrected chi connectivity index (χ0v) is 17.7. The highest BCUT2D eigenvalue weighted by atomic mass is 16.3. The molecule has 160 valence electrons. The van der Waals surface area contributed by atoms with Gasteiger partial charge in [0.1, 0.15) is 0 Å². The summed E-state index contributed by atoms with van der Waals surface area (Å²) >= 11 is 0. The van der Waals surface area contributed by atoms with Gasteiger partial charge in [-0.3, -0.25) is 9.69 Å². The number of amides is 1. The monoisotopic (exact) mass is 415 g/mol. The predicted octanol–water partition coefficient (Wildman–Crippen LogP) is 3.18. The molecule has 2 aromatic carbocycles. The summed E-state index contributed by atoms with van der Waals surface area (Å²) in [4.78, 5) is 15.7. The Kier molecular flexibility index (Phi) is 5.29. The number of benzene rings is 2. The van der Waals surface area contributed by atoms with Gasteiger partial charge in [0.15, 0.2) is 5.60 Å². The van der Waals surface area contributed by atoms with Crippen molar-refractivity contribution in [2.75, 3.05) is 13.1 Å². The molecule has 1 amide bonds. The number of piperidine rings is 1. The van der Waals surface area contributed by atoms with Gasteiger partial charge in [-0.1, -0.05) is 61.4 Å². The molecular weight excluding hydrogens is 386 g/mol. The third kappa shape index (κ3) is 3.64. The minimum Gasteiger partial charge on any atom is -0.375 e. The fourth-order valence-corrected chi connectivity index (χ4v) is 5.81. The van der Waals surface area contributed by atoms with E-state index in [1.807, 2.05) is 54.6 Å². The van der Waals surface area contributed by atoms with Crippen molar-refractivity contribution < 1.29 is 9.90 Å². The maximum atomic E-state index is 13.4. The van der Waals surface area contributed by atoms with Gasteiger partial charge in [0, 0.05) is 31.6 Å². The molecule has 3 aliphatic rings. The number of carbonyl (C=O) groups excluding carboxylic acids is 1. The molecule has 2 aromatic rings. The van der Waals surface area contributed by atoms with Gasteiger partial charge < -0.3 is 10.4 Å². The molecule has 0 bridgehead atoms. The van der Waals surface area contributed by atoms with Crippen LogP contribution in [0.3, 0.4) is 0 Å². The second-order valence-corrected chi connectivity index (χ2v) is 9.40. The van der Waals surface area contributed by atoms with Crippen molar-refractivity contribution in [2.45, 2.75) is 43.9 Å². The van der Waals surface area contributed by atoms with E-state index in [9.17, 15) is 15.2 Å². The second-order valence-electron chi connectivity index (χ2n) is 9.40. The molecule has 4 atom stereocenters. The summed E-state index contributed by atoms with van der Waals surface area (Å²) in [6.45, 7) is 2.61. The number of fused-ring (bicyclic) bond motifs is 1. The average molecular weight is 416 g/mol. The maximum Gasteiger partial charge on any atom is 0.257 e. The first kappa shape index (κ1) is 20.2.